The van der Waals surface area contributed by atoms with Crippen LogP contribution in [0, 0.1) is 5.41 Å². The Morgan fingerprint density at radius 2 is 2.00 bits per heavy atom. The number of amidine groups is 1. The van der Waals surface area contributed by atoms with Crippen LogP contribution in [0.15, 0.2) is 23.2 Å². The van der Waals surface area contributed by atoms with E-state index in [1.807, 2.05) is 30.0 Å². The summed E-state index contributed by atoms with van der Waals surface area (Å²) < 4.78 is 11.1. The Labute approximate surface area is 130 Å². The molecule has 3 rings (SSSR count). The third-order valence-corrected chi connectivity index (χ3v) is 4.45. The molecule has 1 unspecified atom stereocenters. The van der Waals surface area contributed by atoms with Crippen LogP contribution in [0.25, 0.3) is 0 Å². The molecule has 0 aromatic heterocycles. The van der Waals surface area contributed by atoms with Gasteiger partial charge < -0.3 is 14.8 Å². The van der Waals surface area contributed by atoms with E-state index in [1.165, 1.54) is 6.42 Å². The van der Waals surface area contributed by atoms with Crippen molar-refractivity contribution in [2.24, 2.45) is 10.4 Å². The van der Waals surface area contributed by atoms with Gasteiger partial charge in [0.2, 0.25) is 0 Å². The highest BCUT2D eigenvalue weighted by Crippen LogP contribution is 2.35. The first kappa shape index (κ1) is 14.6. The molecule has 114 valence electrons. The number of aliphatic imine (C=N–C) groups is 1. The first-order valence-electron chi connectivity index (χ1n) is 7.37. The van der Waals surface area contributed by atoms with Gasteiger partial charge in [0.1, 0.15) is 13.2 Å². The third kappa shape index (κ3) is 3.84. The van der Waals surface area contributed by atoms with E-state index in [1.54, 1.807) is 0 Å². The first-order valence-corrected chi connectivity index (χ1v) is 8.25. The summed E-state index contributed by atoms with van der Waals surface area (Å²) in [5, 5.41) is 4.96. The Morgan fingerprint density at radius 1 is 1.24 bits per heavy atom. The number of fused-ring (bicyclic) bond motifs is 1. The lowest BCUT2D eigenvalue weighted by Crippen LogP contribution is -2.17. The maximum atomic E-state index is 5.60. The van der Waals surface area contributed by atoms with E-state index in [0.717, 1.165) is 28.9 Å². The summed E-state index contributed by atoms with van der Waals surface area (Å²) in [4.78, 5) is 4.61. The molecule has 0 aliphatic carbocycles. The minimum Gasteiger partial charge on any atom is -0.486 e. The standard InChI is InChI=1S/C16H22N2O2S/c1-16(2,3)9-12-10-17-15(21-12)18-11-4-5-13-14(8-11)20-7-6-19-13/h4-5,8,12H,6-7,9-10H2,1-3H3,(H,17,18). The van der Waals surface area contributed by atoms with E-state index in [4.69, 9.17) is 9.47 Å². The number of hydrogen-bond donors (Lipinski definition) is 1. The van der Waals surface area contributed by atoms with Crippen molar-refractivity contribution in [1.29, 1.82) is 0 Å². The Hall–Kier alpha value is -1.36. The molecule has 4 nitrogen and oxygen atoms in total. The number of anilines is 1. The minimum atomic E-state index is 0.347. The van der Waals surface area contributed by atoms with Crippen LogP contribution in [0.5, 0.6) is 11.5 Å². The maximum Gasteiger partial charge on any atom is 0.163 e. The van der Waals surface area contributed by atoms with Gasteiger partial charge in [0.05, 0.1) is 6.54 Å². The molecule has 0 spiro atoms. The number of nitrogens with zero attached hydrogens (tertiary/aromatic N) is 1. The van der Waals surface area contributed by atoms with Crippen molar-refractivity contribution in [3.8, 4) is 11.5 Å². The normalized spacial score (nSPS) is 21.1. The van der Waals surface area contributed by atoms with Crippen LogP contribution in [0.1, 0.15) is 27.2 Å². The van der Waals surface area contributed by atoms with Crippen molar-refractivity contribution in [3.05, 3.63) is 18.2 Å². The highest BCUT2D eigenvalue weighted by molar-refractivity contribution is 8.15. The largest absolute Gasteiger partial charge is 0.486 e. The zero-order valence-electron chi connectivity index (χ0n) is 12.8. The molecule has 5 heteroatoms. The van der Waals surface area contributed by atoms with Crippen molar-refractivity contribution in [2.45, 2.75) is 32.4 Å². The van der Waals surface area contributed by atoms with Crippen LogP contribution in [0.3, 0.4) is 0 Å². The molecule has 2 aliphatic heterocycles. The van der Waals surface area contributed by atoms with Crippen molar-refractivity contribution < 1.29 is 9.47 Å². The molecule has 1 N–H and O–H groups in total. The van der Waals surface area contributed by atoms with Gasteiger partial charge in [-0.15, -0.1) is 0 Å². The van der Waals surface area contributed by atoms with Crippen LogP contribution < -0.4 is 14.8 Å². The number of nitrogens with one attached hydrogen (secondary N) is 1. The van der Waals surface area contributed by atoms with Gasteiger partial charge in [0.15, 0.2) is 16.7 Å². The minimum absolute atomic E-state index is 0.347. The van der Waals surface area contributed by atoms with Gasteiger partial charge in [-0.3, -0.25) is 4.99 Å². The van der Waals surface area contributed by atoms with Gasteiger partial charge in [0, 0.05) is 17.0 Å². The number of thioether (sulfide) groups is 1. The monoisotopic (exact) mass is 306 g/mol. The topological polar surface area (TPSA) is 42.9 Å². The van der Waals surface area contributed by atoms with Gasteiger partial charge in [-0.25, -0.2) is 0 Å². The van der Waals surface area contributed by atoms with Crippen LogP contribution in [-0.4, -0.2) is 30.2 Å². The molecule has 0 saturated carbocycles. The molecule has 0 radical (unpaired) electrons. The summed E-state index contributed by atoms with van der Waals surface area (Å²) in [6.07, 6.45) is 1.17. The molecule has 0 amide bonds. The second-order valence-electron chi connectivity index (χ2n) is 6.63. The summed E-state index contributed by atoms with van der Waals surface area (Å²) in [5.41, 5.74) is 1.35. The van der Waals surface area contributed by atoms with Crippen LogP contribution in [0.4, 0.5) is 5.69 Å². The lowest BCUT2D eigenvalue weighted by atomic mass is 9.90. The molecule has 0 fully saturated rings. The van der Waals surface area contributed by atoms with Crippen LogP contribution in [-0.2, 0) is 0 Å². The second-order valence-corrected chi connectivity index (χ2v) is 7.92. The van der Waals surface area contributed by atoms with E-state index < -0.39 is 0 Å². The molecule has 1 aromatic rings. The molecule has 0 bridgehead atoms. The summed E-state index contributed by atoms with van der Waals surface area (Å²) in [7, 11) is 0. The zero-order valence-corrected chi connectivity index (χ0v) is 13.6. The molecular formula is C16H22N2O2S. The van der Waals surface area contributed by atoms with Gasteiger partial charge in [-0.1, -0.05) is 32.5 Å². The Bertz CT molecular complexity index is 552. The quantitative estimate of drug-likeness (QED) is 0.903. The van der Waals surface area contributed by atoms with Gasteiger partial charge in [0.25, 0.3) is 0 Å². The van der Waals surface area contributed by atoms with E-state index in [9.17, 15) is 0 Å². The van der Waals surface area contributed by atoms with E-state index in [2.05, 4.69) is 31.1 Å². The first-order chi connectivity index (χ1) is 9.99. The van der Waals surface area contributed by atoms with Crippen LogP contribution >= 0.6 is 11.8 Å². The average Bonchev–Trinajstić information content (AvgIpc) is 2.83. The molecular weight excluding hydrogens is 284 g/mol. The summed E-state index contributed by atoms with van der Waals surface area (Å²) in [6, 6.07) is 5.94. The number of rotatable bonds is 2. The predicted molar refractivity (Wildman–Crippen MR) is 88.8 cm³/mol. The third-order valence-electron chi connectivity index (χ3n) is 3.35. The Kier molecular flexibility index (Phi) is 4.02. The molecule has 1 aromatic carbocycles. The summed E-state index contributed by atoms with van der Waals surface area (Å²) in [6.45, 7) is 8.96. The summed E-state index contributed by atoms with van der Waals surface area (Å²) in [5.74, 6) is 1.62. The molecule has 2 aliphatic rings. The molecule has 1 atom stereocenters. The van der Waals surface area contributed by atoms with E-state index >= 15 is 0 Å². The van der Waals surface area contributed by atoms with Crippen molar-refractivity contribution >= 4 is 22.6 Å². The lowest BCUT2D eigenvalue weighted by molar-refractivity contribution is 0.171. The smallest absolute Gasteiger partial charge is 0.163 e. The Balaban J connectivity index is 1.60. The van der Waals surface area contributed by atoms with Gasteiger partial charge in [-0.2, -0.15) is 0 Å². The number of ether oxygens (including phenoxy) is 2. The molecule has 2 heterocycles. The van der Waals surface area contributed by atoms with E-state index in [-0.39, 0.29) is 0 Å². The fourth-order valence-corrected chi connectivity index (χ4v) is 3.89. The SMILES string of the molecule is CC(C)(C)CC1CN=C(Nc2ccc3c(c2)OCCO3)S1. The number of hydrogen-bond acceptors (Lipinski definition) is 5. The average molecular weight is 306 g/mol. The van der Waals surface area contributed by atoms with Crippen LogP contribution in [0.2, 0.25) is 0 Å². The fourth-order valence-electron chi connectivity index (χ4n) is 2.52. The Morgan fingerprint density at radius 3 is 2.76 bits per heavy atom. The molecule has 0 saturated heterocycles. The molecule has 21 heavy (non-hydrogen) atoms. The predicted octanol–water partition coefficient (Wildman–Crippen LogP) is 3.78. The highest BCUT2D eigenvalue weighted by Gasteiger charge is 2.25. The maximum absolute atomic E-state index is 5.60. The van der Waals surface area contributed by atoms with Gasteiger partial charge >= 0.3 is 0 Å². The van der Waals surface area contributed by atoms with Crippen molar-refractivity contribution in [1.82, 2.24) is 0 Å². The second kappa shape index (κ2) is 5.79. The van der Waals surface area contributed by atoms with Crippen molar-refractivity contribution in [2.75, 3.05) is 25.1 Å². The lowest BCUT2D eigenvalue weighted by Gasteiger charge is -2.21. The number of benzene rings is 1. The van der Waals surface area contributed by atoms with Crippen molar-refractivity contribution in [3.63, 3.8) is 0 Å². The fraction of sp³-hybridized carbons (Fsp3) is 0.562. The zero-order chi connectivity index (χ0) is 14.9. The van der Waals surface area contributed by atoms with Gasteiger partial charge in [-0.05, 0) is 24.0 Å². The highest BCUT2D eigenvalue weighted by atomic mass is 32.2. The summed E-state index contributed by atoms with van der Waals surface area (Å²) >= 11 is 1.84. The van der Waals surface area contributed by atoms with E-state index in [0.29, 0.717) is 23.9 Å².